The highest BCUT2D eigenvalue weighted by atomic mass is 16.5. The molecule has 0 amide bonds. The van der Waals surface area contributed by atoms with Crippen LogP contribution in [0.4, 0.5) is 5.82 Å². The first-order chi connectivity index (χ1) is 15.5. The van der Waals surface area contributed by atoms with Crippen molar-refractivity contribution in [1.29, 1.82) is 0 Å². The first-order valence-electron chi connectivity index (χ1n) is 10.7. The zero-order valence-corrected chi connectivity index (χ0v) is 19.1. The maximum absolute atomic E-state index is 5.55. The van der Waals surface area contributed by atoms with Crippen LogP contribution in [0, 0.1) is 6.92 Å². The molecular formula is C25H28N6O. The fourth-order valence-corrected chi connectivity index (χ4v) is 3.59. The van der Waals surface area contributed by atoms with Gasteiger partial charge in [0.05, 0.1) is 30.9 Å². The number of benzene rings is 1. The van der Waals surface area contributed by atoms with Crippen LogP contribution < -0.4 is 10.1 Å². The van der Waals surface area contributed by atoms with Crippen molar-refractivity contribution in [3.8, 4) is 23.0 Å². The first-order valence-corrected chi connectivity index (χ1v) is 10.7. The molecule has 0 saturated heterocycles. The summed E-state index contributed by atoms with van der Waals surface area (Å²) in [7, 11) is 1.61. The van der Waals surface area contributed by atoms with Gasteiger partial charge in [-0.25, -0.2) is 9.97 Å². The third-order valence-corrected chi connectivity index (χ3v) is 5.38. The first kappa shape index (κ1) is 21.5. The summed E-state index contributed by atoms with van der Waals surface area (Å²) >= 11 is 0. The molecule has 1 aromatic carbocycles. The Morgan fingerprint density at radius 1 is 0.969 bits per heavy atom. The van der Waals surface area contributed by atoms with E-state index in [1.54, 1.807) is 13.4 Å². The van der Waals surface area contributed by atoms with E-state index in [1.807, 2.05) is 48.0 Å². The van der Waals surface area contributed by atoms with Gasteiger partial charge in [-0.3, -0.25) is 0 Å². The molecule has 164 valence electrons. The van der Waals surface area contributed by atoms with Gasteiger partial charge in [0.15, 0.2) is 5.82 Å². The lowest BCUT2D eigenvalue weighted by atomic mass is 10.0. The molecule has 1 atom stereocenters. The van der Waals surface area contributed by atoms with Gasteiger partial charge in [0.25, 0.3) is 0 Å². The second-order valence-corrected chi connectivity index (χ2v) is 8.11. The lowest BCUT2D eigenvalue weighted by Gasteiger charge is -2.19. The second kappa shape index (κ2) is 9.18. The van der Waals surface area contributed by atoms with Crippen molar-refractivity contribution in [1.82, 2.24) is 24.7 Å². The minimum Gasteiger partial charge on any atom is -0.479 e. The third-order valence-electron chi connectivity index (χ3n) is 5.38. The van der Waals surface area contributed by atoms with E-state index < -0.39 is 0 Å². The van der Waals surface area contributed by atoms with Crippen molar-refractivity contribution < 1.29 is 4.74 Å². The molecular weight excluding hydrogens is 400 g/mol. The molecule has 4 aromatic rings. The maximum Gasteiger partial charge on any atom is 0.238 e. The Balaban J connectivity index is 1.66. The van der Waals surface area contributed by atoms with Crippen LogP contribution in [0.15, 0.2) is 61.1 Å². The maximum atomic E-state index is 5.55. The summed E-state index contributed by atoms with van der Waals surface area (Å²) in [6.07, 6.45) is 3.68. The number of pyridine rings is 1. The van der Waals surface area contributed by atoms with E-state index in [0.717, 1.165) is 22.8 Å². The Morgan fingerprint density at radius 2 is 1.75 bits per heavy atom. The summed E-state index contributed by atoms with van der Waals surface area (Å²) in [4.78, 5) is 8.98. The number of nitrogens with one attached hydrogen (secondary N) is 1. The molecule has 4 rings (SSSR count). The van der Waals surface area contributed by atoms with Crippen LogP contribution in [0.25, 0.3) is 17.1 Å². The molecule has 0 aliphatic carbocycles. The standard InChI is InChI=1S/C25H28N6O/c1-16(2)20-13-22(29-30-24(20)27-18(4)19-9-7-6-8-10-19)21-11-12-23(25(28-21)32-5)31-14-17(3)26-15-31/h6-16,18H,1-5H3,(H,27,30)/t18-/m0/s1. The molecule has 7 nitrogen and oxygen atoms in total. The lowest BCUT2D eigenvalue weighted by molar-refractivity contribution is 0.396. The van der Waals surface area contributed by atoms with Crippen LogP contribution >= 0.6 is 0 Å². The minimum atomic E-state index is 0.116. The number of anilines is 1. The molecule has 0 spiro atoms. The highest BCUT2D eigenvalue weighted by molar-refractivity contribution is 5.62. The molecule has 1 N–H and O–H groups in total. The summed E-state index contributed by atoms with van der Waals surface area (Å²) in [5.74, 6) is 1.56. The number of hydrogen-bond acceptors (Lipinski definition) is 6. The van der Waals surface area contributed by atoms with Crippen molar-refractivity contribution >= 4 is 5.82 Å². The van der Waals surface area contributed by atoms with E-state index in [2.05, 4.69) is 59.5 Å². The highest BCUT2D eigenvalue weighted by Gasteiger charge is 2.17. The van der Waals surface area contributed by atoms with Crippen molar-refractivity contribution in [2.75, 3.05) is 12.4 Å². The zero-order chi connectivity index (χ0) is 22.7. The molecule has 0 saturated carbocycles. The number of aromatic nitrogens is 5. The number of rotatable bonds is 7. The number of imidazole rings is 1. The predicted octanol–water partition coefficient (Wildman–Crippen LogP) is 5.34. The number of hydrogen-bond donors (Lipinski definition) is 1. The summed E-state index contributed by atoms with van der Waals surface area (Å²) < 4.78 is 7.45. The predicted molar refractivity (Wildman–Crippen MR) is 126 cm³/mol. The van der Waals surface area contributed by atoms with E-state index in [9.17, 15) is 0 Å². The van der Waals surface area contributed by atoms with Gasteiger partial charge in [-0.05, 0) is 43.5 Å². The largest absolute Gasteiger partial charge is 0.479 e. The van der Waals surface area contributed by atoms with Gasteiger partial charge >= 0.3 is 0 Å². The molecule has 0 radical (unpaired) electrons. The molecule has 0 aliphatic rings. The highest BCUT2D eigenvalue weighted by Crippen LogP contribution is 2.30. The summed E-state index contributed by atoms with van der Waals surface area (Å²) in [6.45, 7) is 8.37. The van der Waals surface area contributed by atoms with Gasteiger partial charge in [0.1, 0.15) is 11.4 Å². The molecule has 0 fully saturated rings. The van der Waals surface area contributed by atoms with Gasteiger partial charge in [-0.1, -0.05) is 44.2 Å². The molecule has 0 bridgehead atoms. The Morgan fingerprint density at radius 3 is 2.41 bits per heavy atom. The minimum absolute atomic E-state index is 0.116. The average Bonchev–Trinajstić information content (AvgIpc) is 3.25. The van der Waals surface area contributed by atoms with E-state index >= 15 is 0 Å². The van der Waals surface area contributed by atoms with Crippen LogP contribution in [0.5, 0.6) is 5.88 Å². The molecule has 7 heteroatoms. The quantitative estimate of drug-likeness (QED) is 0.428. The van der Waals surface area contributed by atoms with E-state index in [1.165, 1.54) is 5.56 Å². The smallest absolute Gasteiger partial charge is 0.238 e. The van der Waals surface area contributed by atoms with E-state index in [-0.39, 0.29) is 12.0 Å². The van der Waals surface area contributed by atoms with E-state index in [0.29, 0.717) is 17.3 Å². The number of nitrogens with zero attached hydrogens (tertiary/aromatic N) is 5. The third kappa shape index (κ3) is 4.46. The second-order valence-electron chi connectivity index (χ2n) is 8.11. The van der Waals surface area contributed by atoms with Crippen LogP contribution in [0.1, 0.15) is 49.6 Å². The number of ether oxygens (including phenoxy) is 1. The Kier molecular flexibility index (Phi) is 6.16. The van der Waals surface area contributed by atoms with Crippen molar-refractivity contribution in [3.63, 3.8) is 0 Å². The molecule has 32 heavy (non-hydrogen) atoms. The summed E-state index contributed by atoms with van der Waals surface area (Å²) in [5.41, 5.74) is 5.45. The monoisotopic (exact) mass is 428 g/mol. The van der Waals surface area contributed by atoms with Crippen molar-refractivity contribution in [2.24, 2.45) is 0 Å². The number of aryl methyl sites for hydroxylation is 1. The van der Waals surface area contributed by atoms with E-state index in [4.69, 9.17) is 9.72 Å². The van der Waals surface area contributed by atoms with Crippen LogP contribution in [0.3, 0.4) is 0 Å². The van der Waals surface area contributed by atoms with Gasteiger partial charge in [0, 0.05) is 11.8 Å². The van der Waals surface area contributed by atoms with Crippen LogP contribution in [0.2, 0.25) is 0 Å². The van der Waals surface area contributed by atoms with Gasteiger partial charge in [-0.15, -0.1) is 10.2 Å². The molecule has 0 unspecified atom stereocenters. The normalized spacial score (nSPS) is 12.1. The number of methoxy groups -OCH3 is 1. The van der Waals surface area contributed by atoms with Gasteiger partial charge < -0.3 is 14.6 Å². The van der Waals surface area contributed by atoms with Gasteiger partial charge in [-0.2, -0.15) is 0 Å². The summed E-state index contributed by atoms with van der Waals surface area (Å²) in [6, 6.07) is 16.4. The van der Waals surface area contributed by atoms with Crippen LogP contribution in [-0.4, -0.2) is 31.8 Å². The fraction of sp³-hybridized carbons (Fsp3) is 0.280. The van der Waals surface area contributed by atoms with Crippen molar-refractivity contribution in [3.05, 3.63) is 77.9 Å². The topological polar surface area (TPSA) is 77.8 Å². The average molecular weight is 429 g/mol. The Hall–Kier alpha value is -3.74. The molecule has 3 aromatic heterocycles. The van der Waals surface area contributed by atoms with Crippen molar-refractivity contribution in [2.45, 2.75) is 39.7 Å². The molecule has 3 heterocycles. The van der Waals surface area contributed by atoms with Gasteiger partial charge in [0.2, 0.25) is 5.88 Å². The zero-order valence-electron chi connectivity index (χ0n) is 19.1. The Labute approximate surface area is 188 Å². The lowest BCUT2D eigenvalue weighted by Crippen LogP contribution is -2.12. The molecule has 0 aliphatic heterocycles. The summed E-state index contributed by atoms with van der Waals surface area (Å²) in [5, 5.41) is 12.5. The Bertz CT molecular complexity index is 1200. The van der Waals surface area contributed by atoms with Crippen LogP contribution in [-0.2, 0) is 0 Å². The fourth-order valence-electron chi connectivity index (χ4n) is 3.59. The SMILES string of the molecule is COc1nc(-c2cc(C(C)C)c(N[C@@H](C)c3ccccc3)nn2)ccc1-n1cnc(C)c1.